The topological polar surface area (TPSA) is 86.7 Å². The number of amides is 2. The second kappa shape index (κ2) is 16.2. The van der Waals surface area contributed by atoms with Gasteiger partial charge in [0.2, 0.25) is 0 Å². The Balaban J connectivity index is 1.44. The van der Waals surface area contributed by atoms with Crippen LogP contribution in [0.5, 0.6) is 0 Å². The number of rotatable bonds is 15. The van der Waals surface area contributed by atoms with Crippen molar-refractivity contribution in [3.8, 4) is 0 Å². The third-order valence-corrected chi connectivity index (χ3v) is 8.01. The van der Waals surface area contributed by atoms with E-state index >= 15 is 0 Å². The molecule has 6 nitrogen and oxygen atoms in total. The van der Waals surface area contributed by atoms with Crippen LogP contribution in [-0.2, 0) is 16.1 Å². The Morgan fingerprint density at radius 2 is 1.50 bits per heavy atom. The number of benzene rings is 1. The van der Waals surface area contributed by atoms with E-state index in [2.05, 4.69) is 24.4 Å². The first-order chi connectivity index (χ1) is 18.5. The fraction of sp³-hybridized carbons (Fsp3) is 0.594. The molecule has 0 aromatic heterocycles. The molecular weight excluding hydrogens is 476 g/mol. The van der Waals surface area contributed by atoms with Gasteiger partial charge in [0.15, 0.2) is 0 Å². The van der Waals surface area contributed by atoms with Gasteiger partial charge in [-0.2, -0.15) is 0 Å². The number of fused-ring (bicyclic) bond motifs is 1. The molecule has 3 unspecified atom stereocenters. The van der Waals surface area contributed by atoms with E-state index in [1.54, 1.807) is 12.1 Å². The van der Waals surface area contributed by atoms with Crippen molar-refractivity contribution >= 4 is 17.8 Å². The van der Waals surface area contributed by atoms with Gasteiger partial charge >= 0.3 is 11.9 Å². The average Bonchev–Trinajstić information content (AvgIpc) is 2.94. The number of nitrogens with one attached hydrogen (secondary N) is 1. The minimum Gasteiger partial charge on any atom is -0.474 e. The normalized spacial score (nSPS) is 20.1. The Labute approximate surface area is 228 Å². The fourth-order valence-corrected chi connectivity index (χ4v) is 5.83. The van der Waals surface area contributed by atoms with Crippen molar-refractivity contribution < 1.29 is 19.5 Å². The first kappa shape index (κ1) is 29.7. The molecule has 3 atom stereocenters. The van der Waals surface area contributed by atoms with Gasteiger partial charge in [-0.1, -0.05) is 108 Å². The van der Waals surface area contributed by atoms with E-state index in [9.17, 15) is 19.5 Å². The van der Waals surface area contributed by atoms with Crippen molar-refractivity contribution in [2.24, 2.45) is 11.8 Å². The van der Waals surface area contributed by atoms with E-state index in [0.29, 0.717) is 18.0 Å². The Hall–Kier alpha value is -2.89. The number of carbonyl (C=O) groups is 3. The van der Waals surface area contributed by atoms with Gasteiger partial charge in [0, 0.05) is 30.6 Å². The van der Waals surface area contributed by atoms with Crippen LogP contribution < -0.4 is 5.32 Å². The molecule has 38 heavy (non-hydrogen) atoms. The molecule has 2 amide bonds. The Morgan fingerprint density at radius 1 is 0.868 bits per heavy atom. The van der Waals surface area contributed by atoms with Gasteiger partial charge in [-0.3, -0.25) is 9.59 Å². The van der Waals surface area contributed by atoms with Crippen molar-refractivity contribution in [2.45, 2.75) is 103 Å². The maximum absolute atomic E-state index is 12.7. The number of allylic oxidation sites excluding steroid dienone is 3. The van der Waals surface area contributed by atoms with Crippen LogP contribution in [0, 0.1) is 11.8 Å². The quantitative estimate of drug-likeness (QED) is 0.199. The zero-order valence-electron chi connectivity index (χ0n) is 23.1. The monoisotopic (exact) mass is 522 g/mol. The number of carboxylic acids is 1. The number of nitrogens with zero attached hydrogens (tertiary/aromatic N) is 1. The molecule has 0 aliphatic heterocycles. The smallest absolute Gasteiger partial charge is 0.394 e. The highest BCUT2D eigenvalue weighted by Crippen LogP contribution is 2.37. The van der Waals surface area contributed by atoms with Gasteiger partial charge in [0.05, 0.1) is 0 Å². The summed E-state index contributed by atoms with van der Waals surface area (Å²) in [6.07, 6.45) is 23.7. The molecule has 2 N–H and O–H groups in total. The highest BCUT2D eigenvalue weighted by atomic mass is 16.4. The van der Waals surface area contributed by atoms with E-state index in [-0.39, 0.29) is 24.4 Å². The van der Waals surface area contributed by atoms with E-state index in [0.717, 1.165) is 37.7 Å². The molecule has 1 fully saturated rings. The van der Waals surface area contributed by atoms with Crippen LogP contribution >= 0.6 is 0 Å². The van der Waals surface area contributed by atoms with Crippen LogP contribution in [0.2, 0.25) is 0 Å². The second-order valence-corrected chi connectivity index (χ2v) is 10.9. The zero-order chi connectivity index (χ0) is 27.2. The van der Waals surface area contributed by atoms with Crippen LogP contribution in [0.15, 0.2) is 48.6 Å². The predicted molar refractivity (Wildman–Crippen MR) is 152 cm³/mol. The molecule has 0 bridgehead atoms. The lowest BCUT2D eigenvalue weighted by molar-refractivity contribution is -0.158. The summed E-state index contributed by atoms with van der Waals surface area (Å²) >= 11 is 0. The maximum Gasteiger partial charge on any atom is 0.394 e. The first-order valence-electron chi connectivity index (χ1n) is 14.8. The van der Waals surface area contributed by atoms with Crippen LogP contribution in [0.4, 0.5) is 0 Å². The minimum atomic E-state index is -1.43. The maximum atomic E-state index is 12.7. The molecule has 2 aliphatic carbocycles. The van der Waals surface area contributed by atoms with Crippen molar-refractivity contribution in [2.75, 3.05) is 6.54 Å². The van der Waals surface area contributed by atoms with E-state index in [1.165, 1.54) is 56.3 Å². The number of carbonyl (C=O) groups excluding carboxylic acids is 2. The van der Waals surface area contributed by atoms with Crippen molar-refractivity contribution in [3.05, 3.63) is 59.7 Å². The summed E-state index contributed by atoms with van der Waals surface area (Å²) in [7, 11) is 0. The molecule has 1 aromatic carbocycles. The summed E-state index contributed by atoms with van der Waals surface area (Å²) < 4.78 is 0. The SMILES string of the molecule is CCCCCCCCCCCCNC(=O)c1ccc(CN(C(=O)C(=O)O)C2CCCC3C=CC=CC32)cc1. The number of unbranched alkanes of at least 4 members (excludes halogenated alkanes) is 9. The van der Waals surface area contributed by atoms with Gasteiger partial charge in [-0.15, -0.1) is 0 Å². The summed E-state index contributed by atoms with van der Waals surface area (Å²) in [6.45, 7) is 3.13. The summed E-state index contributed by atoms with van der Waals surface area (Å²) in [5, 5.41) is 12.5. The predicted octanol–water partition coefficient (Wildman–Crippen LogP) is 6.66. The van der Waals surface area contributed by atoms with Gasteiger partial charge in [0.1, 0.15) is 0 Å². The molecule has 3 rings (SSSR count). The van der Waals surface area contributed by atoms with Crippen molar-refractivity contribution in [1.29, 1.82) is 0 Å². The molecule has 0 spiro atoms. The van der Waals surface area contributed by atoms with Crippen LogP contribution in [-0.4, -0.2) is 40.4 Å². The van der Waals surface area contributed by atoms with E-state index in [1.807, 2.05) is 24.3 Å². The Morgan fingerprint density at radius 3 is 2.16 bits per heavy atom. The minimum absolute atomic E-state index is 0.0970. The largest absolute Gasteiger partial charge is 0.474 e. The molecule has 0 saturated heterocycles. The third-order valence-electron chi connectivity index (χ3n) is 8.01. The molecule has 208 valence electrons. The van der Waals surface area contributed by atoms with Crippen LogP contribution in [0.1, 0.15) is 106 Å². The average molecular weight is 523 g/mol. The molecule has 1 saturated carbocycles. The van der Waals surface area contributed by atoms with Gasteiger partial charge in [0.25, 0.3) is 5.91 Å². The van der Waals surface area contributed by atoms with Crippen LogP contribution in [0.25, 0.3) is 0 Å². The lowest BCUT2D eigenvalue weighted by Crippen LogP contribution is -2.49. The third kappa shape index (κ3) is 9.14. The molecule has 0 heterocycles. The molecular formula is C32H46N2O4. The van der Waals surface area contributed by atoms with E-state index < -0.39 is 11.9 Å². The van der Waals surface area contributed by atoms with E-state index in [4.69, 9.17) is 0 Å². The number of carboxylic acid groups (broad SMARTS) is 1. The van der Waals surface area contributed by atoms with Crippen molar-refractivity contribution in [1.82, 2.24) is 10.2 Å². The second-order valence-electron chi connectivity index (χ2n) is 10.9. The number of aliphatic carboxylic acids is 1. The summed E-state index contributed by atoms with van der Waals surface area (Å²) in [5.41, 5.74) is 1.40. The standard InChI is InChI=1S/C32H46N2O4/c1-2-3-4-5-6-7-8-9-10-13-23-33-30(35)27-21-19-25(20-22-27)24-34(31(36)32(37)38)29-18-14-16-26-15-11-12-17-28(26)29/h11-12,15,17,19-22,26,28-29H,2-10,13-14,16,18,23-24H2,1H3,(H,33,35)(H,37,38). The first-order valence-corrected chi connectivity index (χ1v) is 14.8. The highest BCUT2D eigenvalue weighted by Gasteiger charge is 2.38. The number of hydrogen-bond acceptors (Lipinski definition) is 3. The Bertz CT molecular complexity index is 953. The fourth-order valence-electron chi connectivity index (χ4n) is 5.83. The summed E-state index contributed by atoms with van der Waals surface area (Å²) in [5.74, 6) is -1.92. The molecule has 2 aliphatic rings. The summed E-state index contributed by atoms with van der Waals surface area (Å²) in [6, 6.07) is 7.03. The summed E-state index contributed by atoms with van der Waals surface area (Å²) in [4.78, 5) is 38.4. The molecule has 6 heteroatoms. The Kier molecular flexibility index (Phi) is 12.6. The van der Waals surface area contributed by atoms with Gasteiger partial charge < -0.3 is 15.3 Å². The zero-order valence-corrected chi connectivity index (χ0v) is 23.1. The highest BCUT2D eigenvalue weighted by molar-refractivity contribution is 6.31. The number of hydrogen-bond donors (Lipinski definition) is 2. The van der Waals surface area contributed by atoms with Crippen LogP contribution in [0.3, 0.4) is 0 Å². The van der Waals surface area contributed by atoms with Crippen molar-refractivity contribution in [3.63, 3.8) is 0 Å². The lowest BCUT2D eigenvalue weighted by atomic mass is 9.73. The van der Waals surface area contributed by atoms with Gasteiger partial charge in [-0.05, 0) is 42.9 Å². The molecule has 1 aromatic rings. The molecule has 0 radical (unpaired) electrons. The van der Waals surface area contributed by atoms with Gasteiger partial charge in [-0.25, -0.2) is 4.79 Å². The lowest BCUT2D eigenvalue weighted by Gasteiger charge is -2.42.